The zero-order valence-corrected chi connectivity index (χ0v) is 18.5. The predicted octanol–water partition coefficient (Wildman–Crippen LogP) is 4.32. The minimum Gasteiger partial charge on any atom is -0.380 e. The molecule has 2 aromatic carbocycles. The van der Waals surface area contributed by atoms with Crippen molar-refractivity contribution in [2.24, 2.45) is 0 Å². The Labute approximate surface area is 187 Å². The molecule has 0 radical (unpaired) electrons. The molecule has 2 aliphatic rings. The third-order valence-electron chi connectivity index (χ3n) is 6.58. The van der Waals surface area contributed by atoms with Crippen molar-refractivity contribution in [1.82, 2.24) is 9.88 Å². The van der Waals surface area contributed by atoms with Crippen molar-refractivity contribution in [2.75, 3.05) is 10.2 Å². The Bertz CT molecular complexity index is 1210. The molecular formula is C26H26N4O2. The van der Waals surface area contributed by atoms with E-state index in [1.807, 2.05) is 53.4 Å². The van der Waals surface area contributed by atoms with Gasteiger partial charge < -0.3 is 10.2 Å². The van der Waals surface area contributed by atoms with Crippen molar-refractivity contribution in [2.45, 2.75) is 45.4 Å². The molecule has 162 valence electrons. The SMILES string of the molecule is CC(=O)N1c2ccccc2C(C)(C)C1N1Cc2cccc(NCc3ccncc3)c2C1=O. The van der Waals surface area contributed by atoms with E-state index in [0.29, 0.717) is 18.7 Å². The van der Waals surface area contributed by atoms with Crippen LogP contribution in [0.2, 0.25) is 0 Å². The van der Waals surface area contributed by atoms with Crippen molar-refractivity contribution in [3.05, 3.63) is 89.2 Å². The average Bonchev–Trinajstić information content (AvgIpc) is 3.24. The van der Waals surface area contributed by atoms with Gasteiger partial charge in [0, 0.05) is 49.2 Å². The lowest BCUT2D eigenvalue weighted by Crippen LogP contribution is -2.55. The van der Waals surface area contributed by atoms with Gasteiger partial charge in [0.15, 0.2) is 0 Å². The van der Waals surface area contributed by atoms with E-state index in [4.69, 9.17) is 0 Å². The number of carbonyl (C=O) groups excluding carboxylic acids is 2. The number of carbonyl (C=O) groups is 2. The summed E-state index contributed by atoms with van der Waals surface area (Å²) in [6.45, 7) is 6.87. The first kappa shape index (κ1) is 20.2. The van der Waals surface area contributed by atoms with Crippen LogP contribution in [0.4, 0.5) is 11.4 Å². The number of aromatic nitrogens is 1. The van der Waals surface area contributed by atoms with E-state index in [2.05, 4.69) is 30.2 Å². The maximum atomic E-state index is 13.8. The number of pyridine rings is 1. The topological polar surface area (TPSA) is 65.5 Å². The standard InChI is InChI=1S/C26H26N4O2/c1-17(31)30-22-10-5-4-8-20(22)26(2,3)25(30)29-16-19-7-6-9-21(23(19)24(29)32)28-15-18-11-13-27-14-12-18/h4-14,25,28H,15-16H2,1-3H3. The fourth-order valence-corrected chi connectivity index (χ4v) is 5.12. The zero-order valence-electron chi connectivity index (χ0n) is 18.5. The highest BCUT2D eigenvalue weighted by molar-refractivity contribution is 6.05. The molecule has 1 atom stereocenters. The molecule has 6 nitrogen and oxygen atoms in total. The Morgan fingerprint density at radius 2 is 1.84 bits per heavy atom. The Kier molecular flexibility index (Phi) is 4.73. The molecule has 1 unspecified atom stereocenters. The maximum absolute atomic E-state index is 13.8. The van der Waals surface area contributed by atoms with Crippen LogP contribution in [0.25, 0.3) is 0 Å². The Morgan fingerprint density at radius 3 is 2.59 bits per heavy atom. The van der Waals surface area contributed by atoms with Gasteiger partial charge in [-0.1, -0.05) is 44.2 Å². The summed E-state index contributed by atoms with van der Waals surface area (Å²) >= 11 is 0. The van der Waals surface area contributed by atoms with Gasteiger partial charge in [0.05, 0.1) is 5.56 Å². The van der Waals surface area contributed by atoms with E-state index in [-0.39, 0.29) is 18.0 Å². The highest BCUT2D eigenvalue weighted by atomic mass is 16.2. The summed E-state index contributed by atoms with van der Waals surface area (Å²) in [6, 6.07) is 17.8. The monoisotopic (exact) mass is 426 g/mol. The van der Waals surface area contributed by atoms with Crippen LogP contribution in [0.3, 0.4) is 0 Å². The van der Waals surface area contributed by atoms with Gasteiger partial charge in [-0.25, -0.2) is 0 Å². The first-order chi connectivity index (χ1) is 15.4. The summed E-state index contributed by atoms with van der Waals surface area (Å²) in [6.07, 6.45) is 3.13. The van der Waals surface area contributed by atoms with Crippen LogP contribution in [-0.2, 0) is 23.3 Å². The molecule has 2 aliphatic heterocycles. The average molecular weight is 427 g/mol. The van der Waals surface area contributed by atoms with Crippen molar-refractivity contribution >= 4 is 23.2 Å². The number of para-hydroxylation sites is 1. The first-order valence-corrected chi connectivity index (χ1v) is 10.8. The molecule has 1 N–H and O–H groups in total. The van der Waals surface area contributed by atoms with Crippen LogP contribution in [0, 0.1) is 0 Å². The Morgan fingerprint density at radius 1 is 1.09 bits per heavy atom. The fraction of sp³-hybridized carbons (Fsp3) is 0.269. The second kappa shape index (κ2) is 7.48. The van der Waals surface area contributed by atoms with Gasteiger partial charge in [-0.05, 0) is 41.0 Å². The molecule has 2 amide bonds. The van der Waals surface area contributed by atoms with Gasteiger partial charge in [0.2, 0.25) is 5.91 Å². The largest absolute Gasteiger partial charge is 0.380 e. The van der Waals surface area contributed by atoms with Crippen LogP contribution in [0.1, 0.15) is 47.8 Å². The highest BCUT2D eigenvalue weighted by Crippen LogP contribution is 2.48. The number of hydrogen-bond donors (Lipinski definition) is 1. The van der Waals surface area contributed by atoms with Gasteiger partial charge in [-0.15, -0.1) is 0 Å². The zero-order chi connectivity index (χ0) is 22.5. The number of fused-ring (bicyclic) bond motifs is 2. The minimum absolute atomic E-state index is 0.0463. The third-order valence-corrected chi connectivity index (χ3v) is 6.58. The number of amides is 2. The molecule has 0 bridgehead atoms. The van der Waals surface area contributed by atoms with Crippen LogP contribution >= 0.6 is 0 Å². The van der Waals surface area contributed by atoms with Crippen molar-refractivity contribution in [1.29, 1.82) is 0 Å². The Hall–Kier alpha value is -3.67. The van der Waals surface area contributed by atoms with Gasteiger partial charge >= 0.3 is 0 Å². The van der Waals surface area contributed by atoms with E-state index < -0.39 is 5.41 Å². The summed E-state index contributed by atoms with van der Waals surface area (Å²) < 4.78 is 0. The molecule has 0 saturated carbocycles. The smallest absolute Gasteiger partial charge is 0.258 e. The number of anilines is 2. The summed E-state index contributed by atoms with van der Waals surface area (Å²) in [4.78, 5) is 34.2. The van der Waals surface area contributed by atoms with Crippen molar-refractivity contribution in [3.63, 3.8) is 0 Å². The fourth-order valence-electron chi connectivity index (χ4n) is 5.12. The molecule has 0 fully saturated rings. The second-order valence-corrected chi connectivity index (χ2v) is 8.98. The highest BCUT2D eigenvalue weighted by Gasteiger charge is 2.52. The molecule has 0 aliphatic carbocycles. The normalized spacial score (nSPS) is 18.5. The summed E-state index contributed by atoms with van der Waals surface area (Å²) in [5.74, 6) is -0.109. The van der Waals surface area contributed by atoms with E-state index in [9.17, 15) is 9.59 Å². The molecular weight excluding hydrogens is 400 g/mol. The lowest BCUT2D eigenvalue weighted by atomic mass is 9.83. The van der Waals surface area contributed by atoms with Crippen LogP contribution < -0.4 is 10.2 Å². The molecule has 3 aromatic rings. The molecule has 0 spiro atoms. The van der Waals surface area contributed by atoms with Gasteiger partial charge in [-0.3, -0.25) is 19.5 Å². The molecule has 5 rings (SSSR count). The number of hydrogen-bond acceptors (Lipinski definition) is 4. The van der Waals surface area contributed by atoms with Crippen molar-refractivity contribution in [3.8, 4) is 0 Å². The lowest BCUT2D eigenvalue weighted by molar-refractivity contribution is -0.117. The second-order valence-electron chi connectivity index (χ2n) is 8.98. The van der Waals surface area contributed by atoms with Gasteiger partial charge in [0.1, 0.15) is 6.17 Å². The van der Waals surface area contributed by atoms with Gasteiger partial charge in [-0.2, -0.15) is 0 Å². The molecule has 3 heterocycles. The maximum Gasteiger partial charge on any atom is 0.258 e. The van der Waals surface area contributed by atoms with Gasteiger partial charge in [0.25, 0.3) is 5.91 Å². The number of nitrogens with one attached hydrogen (secondary N) is 1. The molecule has 1 aromatic heterocycles. The van der Waals surface area contributed by atoms with Crippen molar-refractivity contribution < 1.29 is 9.59 Å². The third kappa shape index (κ3) is 3.06. The van der Waals surface area contributed by atoms with E-state index in [0.717, 1.165) is 28.1 Å². The Balaban J connectivity index is 1.49. The summed E-state index contributed by atoms with van der Waals surface area (Å²) in [5.41, 5.74) is 5.14. The number of nitrogens with zero attached hydrogens (tertiary/aromatic N) is 3. The minimum atomic E-state index is -0.398. The summed E-state index contributed by atoms with van der Waals surface area (Å²) in [5, 5.41) is 3.42. The predicted molar refractivity (Wildman–Crippen MR) is 124 cm³/mol. The lowest BCUT2D eigenvalue weighted by Gasteiger charge is -2.39. The molecule has 0 saturated heterocycles. The van der Waals surface area contributed by atoms with Crippen LogP contribution in [0.15, 0.2) is 67.0 Å². The number of benzene rings is 2. The quantitative estimate of drug-likeness (QED) is 0.675. The van der Waals surface area contributed by atoms with E-state index in [1.54, 1.807) is 24.2 Å². The summed E-state index contributed by atoms with van der Waals surface area (Å²) in [7, 11) is 0. The molecule has 6 heteroatoms. The van der Waals surface area contributed by atoms with E-state index in [1.165, 1.54) is 0 Å². The van der Waals surface area contributed by atoms with E-state index >= 15 is 0 Å². The van der Waals surface area contributed by atoms with Crippen LogP contribution in [-0.4, -0.2) is 27.9 Å². The van der Waals surface area contributed by atoms with Crippen LogP contribution in [0.5, 0.6) is 0 Å². The first-order valence-electron chi connectivity index (χ1n) is 10.8. The molecule has 32 heavy (non-hydrogen) atoms. The number of rotatable bonds is 4.